The second-order valence-corrected chi connectivity index (χ2v) is 6.32. The van der Waals surface area contributed by atoms with Crippen molar-refractivity contribution in [1.29, 1.82) is 0 Å². The van der Waals surface area contributed by atoms with Gasteiger partial charge >= 0.3 is 5.97 Å². The molecule has 1 fully saturated rings. The maximum atomic E-state index is 11.8. The highest BCUT2D eigenvalue weighted by atomic mass is 16.7. The van der Waals surface area contributed by atoms with E-state index in [1.54, 1.807) is 6.92 Å². The van der Waals surface area contributed by atoms with Gasteiger partial charge in [0, 0.05) is 23.8 Å². The van der Waals surface area contributed by atoms with Crippen LogP contribution in [0.3, 0.4) is 0 Å². The van der Waals surface area contributed by atoms with Crippen LogP contribution in [-0.4, -0.2) is 11.8 Å². The summed E-state index contributed by atoms with van der Waals surface area (Å²) in [5.74, 6) is 1.58. The lowest BCUT2D eigenvalue weighted by atomic mass is 9.76. The number of esters is 1. The van der Waals surface area contributed by atoms with Gasteiger partial charge in [0.1, 0.15) is 0 Å². The van der Waals surface area contributed by atoms with E-state index in [-0.39, 0.29) is 17.5 Å². The fourth-order valence-corrected chi connectivity index (χ4v) is 4.05. The SMILES string of the molecule is C#CCC12Cc3ccccc3C1OC1(C=C(C)C(=O)O1)C2. The van der Waals surface area contributed by atoms with Gasteiger partial charge in [0.05, 0.1) is 6.10 Å². The Balaban J connectivity index is 1.79. The normalized spacial score (nSPS) is 36.1. The maximum absolute atomic E-state index is 11.8. The summed E-state index contributed by atoms with van der Waals surface area (Å²) in [6.45, 7) is 1.76. The van der Waals surface area contributed by atoms with Gasteiger partial charge in [-0.1, -0.05) is 24.3 Å². The second-order valence-electron chi connectivity index (χ2n) is 6.32. The molecule has 3 heteroatoms. The number of fused-ring (bicyclic) bond motifs is 3. The van der Waals surface area contributed by atoms with Gasteiger partial charge in [-0.05, 0) is 30.5 Å². The van der Waals surface area contributed by atoms with Crippen LogP contribution in [0, 0.1) is 17.8 Å². The summed E-state index contributed by atoms with van der Waals surface area (Å²) in [6, 6.07) is 8.27. The smallest absolute Gasteiger partial charge is 0.336 e. The number of carbonyl (C=O) groups is 1. The molecule has 3 unspecified atom stereocenters. The van der Waals surface area contributed by atoms with Crippen LogP contribution in [0.1, 0.15) is 37.0 Å². The van der Waals surface area contributed by atoms with Crippen molar-refractivity contribution >= 4 is 5.97 Å². The molecule has 0 saturated carbocycles. The zero-order valence-electron chi connectivity index (χ0n) is 11.9. The Morgan fingerprint density at radius 1 is 1.43 bits per heavy atom. The molecule has 3 nitrogen and oxygen atoms in total. The Bertz CT molecular complexity index is 711. The predicted octanol–water partition coefficient (Wildman–Crippen LogP) is 2.91. The van der Waals surface area contributed by atoms with Crippen molar-refractivity contribution in [2.45, 2.75) is 38.1 Å². The van der Waals surface area contributed by atoms with E-state index >= 15 is 0 Å². The Morgan fingerprint density at radius 2 is 2.24 bits per heavy atom. The van der Waals surface area contributed by atoms with Gasteiger partial charge in [-0.2, -0.15) is 0 Å². The number of terminal acetylenes is 1. The molecule has 2 aliphatic heterocycles. The fourth-order valence-electron chi connectivity index (χ4n) is 4.05. The minimum Gasteiger partial charge on any atom is -0.426 e. The van der Waals surface area contributed by atoms with Gasteiger partial charge < -0.3 is 9.47 Å². The van der Waals surface area contributed by atoms with Crippen LogP contribution >= 0.6 is 0 Å². The Morgan fingerprint density at radius 3 is 2.95 bits per heavy atom. The lowest BCUT2D eigenvalue weighted by molar-refractivity contribution is -0.193. The van der Waals surface area contributed by atoms with Crippen LogP contribution in [-0.2, 0) is 20.7 Å². The molecule has 0 amide bonds. The highest BCUT2D eigenvalue weighted by molar-refractivity contribution is 5.90. The average Bonchev–Trinajstić information content (AvgIpc) is 2.98. The summed E-state index contributed by atoms with van der Waals surface area (Å²) in [5.41, 5.74) is 2.91. The summed E-state index contributed by atoms with van der Waals surface area (Å²) < 4.78 is 11.8. The third kappa shape index (κ3) is 1.63. The molecule has 106 valence electrons. The van der Waals surface area contributed by atoms with Crippen LogP contribution in [0.15, 0.2) is 35.9 Å². The van der Waals surface area contributed by atoms with Crippen molar-refractivity contribution in [3.05, 3.63) is 47.0 Å². The van der Waals surface area contributed by atoms with E-state index < -0.39 is 5.79 Å². The standard InChI is InChI=1S/C18H16O3/c1-3-8-17-10-13-6-4-5-7-14(13)15(17)20-18(11-17)9-12(2)16(19)21-18/h1,4-7,9,15H,8,10-11H2,2H3. The first-order valence-corrected chi connectivity index (χ1v) is 7.19. The van der Waals surface area contributed by atoms with Crippen molar-refractivity contribution in [1.82, 2.24) is 0 Å². The minimum atomic E-state index is -0.920. The molecule has 1 aromatic rings. The second kappa shape index (κ2) is 3.99. The number of hydrogen-bond acceptors (Lipinski definition) is 3. The molecule has 0 N–H and O–H groups in total. The third-order valence-corrected chi connectivity index (χ3v) is 4.83. The molecule has 0 aromatic heterocycles. The zero-order chi connectivity index (χ0) is 14.7. The molecule has 0 radical (unpaired) electrons. The van der Waals surface area contributed by atoms with E-state index in [0.29, 0.717) is 18.4 Å². The Labute approximate surface area is 123 Å². The third-order valence-electron chi connectivity index (χ3n) is 4.83. The monoisotopic (exact) mass is 280 g/mol. The summed E-state index contributed by atoms with van der Waals surface area (Å²) in [5, 5.41) is 0. The number of hydrogen-bond donors (Lipinski definition) is 0. The maximum Gasteiger partial charge on any atom is 0.336 e. The summed E-state index contributed by atoms with van der Waals surface area (Å²) >= 11 is 0. The number of benzene rings is 1. The molecule has 4 rings (SSSR count). The molecule has 2 heterocycles. The molecule has 3 atom stereocenters. The lowest BCUT2D eigenvalue weighted by Crippen LogP contribution is -2.29. The van der Waals surface area contributed by atoms with Gasteiger partial charge in [-0.15, -0.1) is 12.3 Å². The molecule has 1 spiro atoms. The van der Waals surface area contributed by atoms with Crippen LogP contribution in [0.5, 0.6) is 0 Å². The predicted molar refractivity (Wildman–Crippen MR) is 77.1 cm³/mol. The molecule has 21 heavy (non-hydrogen) atoms. The van der Waals surface area contributed by atoms with Crippen molar-refractivity contribution in [3.63, 3.8) is 0 Å². The number of ether oxygens (including phenoxy) is 2. The van der Waals surface area contributed by atoms with E-state index in [2.05, 4.69) is 18.1 Å². The Kier molecular flexibility index (Phi) is 2.41. The van der Waals surface area contributed by atoms with E-state index in [0.717, 1.165) is 6.42 Å². The summed E-state index contributed by atoms with van der Waals surface area (Å²) in [6.07, 6.45) is 9.46. The van der Waals surface area contributed by atoms with Crippen LogP contribution in [0.2, 0.25) is 0 Å². The summed E-state index contributed by atoms with van der Waals surface area (Å²) in [4.78, 5) is 11.8. The molecule has 1 aromatic carbocycles. The first kappa shape index (κ1) is 12.7. The van der Waals surface area contributed by atoms with Gasteiger partial charge in [-0.3, -0.25) is 0 Å². The molecule has 1 aliphatic carbocycles. The Hall–Kier alpha value is -2.05. The molecule has 0 bridgehead atoms. The zero-order valence-corrected chi connectivity index (χ0v) is 11.9. The quantitative estimate of drug-likeness (QED) is 0.586. The van der Waals surface area contributed by atoms with E-state index in [9.17, 15) is 4.79 Å². The molecule has 3 aliphatic rings. The van der Waals surface area contributed by atoms with Crippen molar-refractivity contribution in [2.24, 2.45) is 5.41 Å². The van der Waals surface area contributed by atoms with Gasteiger partial charge in [0.15, 0.2) is 0 Å². The largest absolute Gasteiger partial charge is 0.426 e. The van der Waals surface area contributed by atoms with Crippen LogP contribution in [0.4, 0.5) is 0 Å². The molecule has 1 saturated heterocycles. The average molecular weight is 280 g/mol. The van der Waals surface area contributed by atoms with E-state index in [4.69, 9.17) is 15.9 Å². The minimum absolute atomic E-state index is 0.0975. The van der Waals surface area contributed by atoms with Gasteiger partial charge in [0.25, 0.3) is 0 Å². The molecular weight excluding hydrogens is 264 g/mol. The highest BCUT2D eigenvalue weighted by Gasteiger charge is 2.61. The van der Waals surface area contributed by atoms with E-state index in [1.807, 2.05) is 18.2 Å². The lowest BCUT2D eigenvalue weighted by Gasteiger charge is -2.25. The number of carbonyl (C=O) groups excluding carboxylic acids is 1. The van der Waals surface area contributed by atoms with Gasteiger partial charge in [0.2, 0.25) is 5.79 Å². The fraction of sp³-hybridized carbons (Fsp3) is 0.389. The first-order valence-electron chi connectivity index (χ1n) is 7.19. The van der Waals surface area contributed by atoms with Crippen molar-refractivity contribution in [2.75, 3.05) is 0 Å². The van der Waals surface area contributed by atoms with Crippen LogP contribution < -0.4 is 0 Å². The van der Waals surface area contributed by atoms with Gasteiger partial charge in [-0.25, -0.2) is 4.79 Å². The van der Waals surface area contributed by atoms with Crippen molar-refractivity contribution < 1.29 is 14.3 Å². The first-order chi connectivity index (χ1) is 10.1. The van der Waals surface area contributed by atoms with Crippen LogP contribution in [0.25, 0.3) is 0 Å². The number of rotatable bonds is 1. The topological polar surface area (TPSA) is 35.5 Å². The van der Waals surface area contributed by atoms with E-state index in [1.165, 1.54) is 11.1 Å². The molecular formula is C18H16O3. The van der Waals surface area contributed by atoms with Crippen molar-refractivity contribution in [3.8, 4) is 12.3 Å². The highest BCUT2D eigenvalue weighted by Crippen LogP contribution is 2.62. The summed E-state index contributed by atoms with van der Waals surface area (Å²) in [7, 11) is 0.